The molecule has 0 aliphatic carbocycles. The zero-order valence-electron chi connectivity index (χ0n) is 7.67. The zero-order chi connectivity index (χ0) is 9.19. The Hall–Kier alpha value is -0.570. The van der Waals surface area contributed by atoms with Gasteiger partial charge in [0.05, 0.1) is 18.6 Å². The van der Waals surface area contributed by atoms with Crippen molar-refractivity contribution in [1.82, 2.24) is 0 Å². The van der Waals surface area contributed by atoms with E-state index in [0.29, 0.717) is 25.4 Å². The number of ether oxygens (including phenoxy) is 1. The van der Waals surface area contributed by atoms with Crippen LogP contribution in [0.3, 0.4) is 0 Å². The molecule has 0 aromatic heterocycles. The van der Waals surface area contributed by atoms with Gasteiger partial charge in [0.25, 0.3) is 0 Å². The van der Waals surface area contributed by atoms with Crippen LogP contribution in [-0.2, 0) is 9.53 Å². The SMILES string of the molecule is CC(C)CC1(O)CCOC(=O)C1. The quantitative estimate of drug-likeness (QED) is 0.634. The highest BCUT2D eigenvalue weighted by atomic mass is 16.5. The van der Waals surface area contributed by atoms with Crippen molar-refractivity contribution < 1.29 is 14.6 Å². The standard InChI is InChI=1S/C9H16O3/c1-7(2)5-9(11)3-4-12-8(10)6-9/h7,11H,3-6H2,1-2H3. The summed E-state index contributed by atoms with van der Waals surface area (Å²) in [4.78, 5) is 10.9. The fourth-order valence-electron chi connectivity index (χ4n) is 1.70. The summed E-state index contributed by atoms with van der Waals surface area (Å²) < 4.78 is 4.76. The third-order valence-electron chi connectivity index (χ3n) is 2.09. The molecule has 1 rings (SSSR count). The average molecular weight is 172 g/mol. The fourth-order valence-corrected chi connectivity index (χ4v) is 1.70. The van der Waals surface area contributed by atoms with Crippen LogP contribution in [-0.4, -0.2) is 23.3 Å². The lowest BCUT2D eigenvalue weighted by Gasteiger charge is -2.32. The summed E-state index contributed by atoms with van der Waals surface area (Å²) in [5, 5.41) is 9.91. The van der Waals surface area contributed by atoms with E-state index in [1.165, 1.54) is 0 Å². The third-order valence-corrected chi connectivity index (χ3v) is 2.09. The molecule has 0 aromatic rings. The smallest absolute Gasteiger partial charge is 0.308 e. The second-order valence-corrected chi connectivity index (χ2v) is 3.97. The molecule has 1 aliphatic heterocycles. The summed E-state index contributed by atoms with van der Waals surface area (Å²) in [5.74, 6) is 0.144. The summed E-state index contributed by atoms with van der Waals surface area (Å²) in [6, 6.07) is 0. The Morgan fingerprint density at radius 1 is 1.67 bits per heavy atom. The van der Waals surface area contributed by atoms with Gasteiger partial charge in [0.15, 0.2) is 0 Å². The molecule has 0 bridgehead atoms. The molecule has 70 valence electrons. The Kier molecular flexibility index (Phi) is 2.73. The Labute approximate surface area is 72.7 Å². The van der Waals surface area contributed by atoms with Gasteiger partial charge in [-0.1, -0.05) is 13.8 Å². The molecule has 12 heavy (non-hydrogen) atoms. The summed E-state index contributed by atoms with van der Waals surface area (Å²) in [5.41, 5.74) is -0.802. The van der Waals surface area contributed by atoms with Gasteiger partial charge in [0.1, 0.15) is 0 Å². The second kappa shape index (κ2) is 3.44. The molecule has 1 unspecified atom stereocenters. The Balaban J connectivity index is 2.51. The molecule has 1 atom stereocenters. The minimum atomic E-state index is -0.802. The number of aliphatic hydroxyl groups is 1. The van der Waals surface area contributed by atoms with E-state index in [4.69, 9.17) is 4.74 Å². The van der Waals surface area contributed by atoms with Gasteiger partial charge >= 0.3 is 5.97 Å². The lowest BCUT2D eigenvalue weighted by atomic mass is 9.85. The van der Waals surface area contributed by atoms with E-state index in [9.17, 15) is 9.90 Å². The molecule has 1 heterocycles. The van der Waals surface area contributed by atoms with Crippen LogP contribution < -0.4 is 0 Å². The summed E-state index contributed by atoms with van der Waals surface area (Å²) in [6.45, 7) is 4.44. The lowest BCUT2D eigenvalue weighted by molar-refractivity contribution is -0.160. The highest BCUT2D eigenvalue weighted by Gasteiger charge is 2.35. The van der Waals surface area contributed by atoms with Crippen molar-refractivity contribution in [3.8, 4) is 0 Å². The maximum Gasteiger partial charge on any atom is 0.308 e. The van der Waals surface area contributed by atoms with E-state index in [0.717, 1.165) is 0 Å². The van der Waals surface area contributed by atoms with Gasteiger partial charge in [0.2, 0.25) is 0 Å². The van der Waals surface area contributed by atoms with Gasteiger partial charge in [-0.25, -0.2) is 0 Å². The van der Waals surface area contributed by atoms with Gasteiger partial charge in [-0.2, -0.15) is 0 Å². The van der Waals surface area contributed by atoms with E-state index < -0.39 is 5.60 Å². The van der Waals surface area contributed by atoms with Crippen LogP contribution in [0.15, 0.2) is 0 Å². The summed E-state index contributed by atoms with van der Waals surface area (Å²) in [7, 11) is 0. The second-order valence-electron chi connectivity index (χ2n) is 3.97. The van der Waals surface area contributed by atoms with Gasteiger partial charge in [0, 0.05) is 6.42 Å². The van der Waals surface area contributed by atoms with Crippen LogP contribution in [0.4, 0.5) is 0 Å². The number of carbonyl (C=O) groups excluding carboxylic acids is 1. The monoisotopic (exact) mass is 172 g/mol. The van der Waals surface area contributed by atoms with E-state index in [1.807, 2.05) is 13.8 Å². The predicted molar refractivity (Wildman–Crippen MR) is 44.6 cm³/mol. The molecule has 0 aromatic carbocycles. The summed E-state index contributed by atoms with van der Waals surface area (Å²) in [6.07, 6.45) is 1.42. The van der Waals surface area contributed by atoms with Crippen LogP contribution in [0.1, 0.15) is 33.1 Å². The van der Waals surface area contributed by atoms with E-state index >= 15 is 0 Å². The number of hydrogen-bond acceptors (Lipinski definition) is 3. The van der Waals surface area contributed by atoms with Crippen molar-refractivity contribution in [2.24, 2.45) is 5.92 Å². The highest BCUT2D eigenvalue weighted by Crippen LogP contribution is 2.27. The van der Waals surface area contributed by atoms with Crippen molar-refractivity contribution in [2.45, 2.75) is 38.7 Å². The maximum atomic E-state index is 10.9. The van der Waals surface area contributed by atoms with Crippen LogP contribution in [0.25, 0.3) is 0 Å². The van der Waals surface area contributed by atoms with Crippen LogP contribution >= 0.6 is 0 Å². The van der Waals surface area contributed by atoms with Crippen LogP contribution in [0.2, 0.25) is 0 Å². The fraction of sp³-hybridized carbons (Fsp3) is 0.889. The van der Waals surface area contributed by atoms with Crippen molar-refractivity contribution in [3.63, 3.8) is 0 Å². The first-order valence-corrected chi connectivity index (χ1v) is 4.40. The maximum absolute atomic E-state index is 10.9. The number of rotatable bonds is 2. The third kappa shape index (κ3) is 2.48. The van der Waals surface area contributed by atoms with Crippen molar-refractivity contribution >= 4 is 5.97 Å². The largest absolute Gasteiger partial charge is 0.465 e. The first kappa shape index (κ1) is 9.52. The first-order valence-electron chi connectivity index (χ1n) is 4.40. The van der Waals surface area contributed by atoms with Crippen LogP contribution in [0.5, 0.6) is 0 Å². The molecular formula is C9H16O3. The van der Waals surface area contributed by atoms with Gasteiger partial charge in [-0.15, -0.1) is 0 Å². The molecule has 0 radical (unpaired) electrons. The number of carbonyl (C=O) groups is 1. The van der Waals surface area contributed by atoms with E-state index in [1.54, 1.807) is 0 Å². The zero-order valence-corrected chi connectivity index (χ0v) is 7.67. The van der Waals surface area contributed by atoms with Crippen molar-refractivity contribution in [3.05, 3.63) is 0 Å². The first-order chi connectivity index (χ1) is 5.52. The molecule has 1 N–H and O–H groups in total. The molecule has 1 aliphatic rings. The van der Waals surface area contributed by atoms with Crippen LogP contribution in [0, 0.1) is 5.92 Å². The normalized spacial score (nSPS) is 30.5. The van der Waals surface area contributed by atoms with E-state index in [2.05, 4.69) is 0 Å². The number of esters is 1. The molecule has 3 heteroatoms. The lowest BCUT2D eigenvalue weighted by Crippen LogP contribution is -2.39. The molecule has 0 saturated carbocycles. The molecule has 1 fully saturated rings. The topological polar surface area (TPSA) is 46.5 Å². The molecular weight excluding hydrogens is 156 g/mol. The predicted octanol–water partition coefficient (Wildman–Crippen LogP) is 1.10. The minimum Gasteiger partial charge on any atom is -0.465 e. The molecule has 0 amide bonds. The molecule has 3 nitrogen and oxygen atoms in total. The minimum absolute atomic E-state index is 0.158. The molecule has 1 saturated heterocycles. The van der Waals surface area contributed by atoms with E-state index in [-0.39, 0.29) is 12.4 Å². The van der Waals surface area contributed by atoms with Crippen molar-refractivity contribution in [2.75, 3.05) is 6.61 Å². The Bertz CT molecular complexity index is 177. The molecule has 0 spiro atoms. The highest BCUT2D eigenvalue weighted by molar-refractivity contribution is 5.71. The number of hydrogen-bond donors (Lipinski definition) is 1. The average Bonchev–Trinajstić information content (AvgIpc) is 1.82. The Morgan fingerprint density at radius 3 is 2.83 bits per heavy atom. The van der Waals surface area contributed by atoms with Gasteiger partial charge in [-0.05, 0) is 12.3 Å². The van der Waals surface area contributed by atoms with Gasteiger partial charge < -0.3 is 9.84 Å². The van der Waals surface area contributed by atoms with Crippen molar-refractivity contribution in [1.29, 1.82) is 0 Å². The Morgan fingerprint density at radius 2 is 2.33 bits per heavy atom. The number of cyclic esters (lactones) is 1. The summed E-state index contributed by atoms with van der Waals surface area (Å²) >= 11 is 0. The van der Waals surface area contributed by atoms with Gasteiger partial charge in [-0.3, -0.25) is 4.79 Å².